The van der Waals surface area contributed by atoms with E-state index in [2.05, 4.69) is 54.5 Å². The van der Waals surface area contributed by atoms with Crippen molar-refractivity contribution in [3.05, 3.63) is 42.5 Å². The second-order valence-corrected chi connectivity index (χ2v) is 12.6. The molecule has 0 atom stereocenters. The van der Waals surface area contributed by atoms with Gasteiger partial charge in [-0.25, -0.2) is 8.78 Å². The first kappa shape index (κ1) is 23.4. The summed E-state index contributed by atoms with van der Waals surface area (Å²) in [4.78, 5) is 1.35. The molecule has 0 fully saturated rings. The molecule has 3 aromatic heterocycles. The van der Waals surface area contributed by atoms with Gasteiger partial charge in [-0.1, -0.05) is 26.7 Å². The van der Waals surface area contributed by atoms with Gasteiger partial charge >= 0.3 is 0 Å². The summed E-state index contributed by atoms with van der Waals surface area (Å²) >= 11 is 11.0. The molecule has 164 valence electrons. The Morgan fingerprint density at radius 2 is 1.19 bits per heavy atom. The van der Waals surface area contributed by atoms with Crippen LogP contribution in [-0.4, -0.2) is 8.75 Å². The van der Waals surface area contributed by atoms with Crippen LogP contribution in [0.5, 0.6) is 0 Å². The van der Waals surface area contributed by atoms with Gasteiger partial charge in [0.25, 0.3) is 0 Å². The van der Waals surface area contributed by atoms with Crippen molar-refractivity contribution in [1.29, 1.82) is 0 Å². The van der Waals surface area contributed by atoms with Crippen LogP contribution in [0.25, 0.3) is 31.9 Å². The maximum absolute atomic E-state index is 15.5. The molecule has 0 saturated carbocycles. The number of aromatic nitrogens is 2. The Bertz CT molecular complexity index is 1140. The molecule has 0 aliphatic rings. The van der Waals surface area contributed by atoms with Gasteiger partial charge in [-0.2, -0.15) is 8.75 Å². The first-order valence-electron chi connectivity index (χ1n) is 10.2. The zero-order valence-electron chi connectivity index (χ0n) is 17.0. The van der Waals surface area contributed by atoms with E-state index in [1.54, 1.807) is 0 Å². The van der Waals surface area contributed by atoms with Crippen LogP contribution in [0.15, 0.2) is 19.7 Å². The molecule has 2 nitrogen and oxygen atoms in total. The van der Waals surface area contributed by atoms with Crippen molar-refractivity contribution in [3.8, 4) is 20.9 Å². The van der Waals surface area contributed by atoms with E-state index in [1.165, 1.54) is 22.7 Å². The van der Waals surface area contributed by atoms with Gasteiger partial charge < -0.3 is 0 Å². The maximum Gasteiger partial charge on any atom is 0.170 e. The van der Waals surface area contributed by atoms with Crippen LogP contribution in [0.2, 0.25) is 0 Å². The SMILES string of the molecule is CCCCc1cc(-c2c(F)c(F)c(-c3cc(CCCC)c(Br)s3)c3nsnc23)sc1Br. The summed E-state index contributed by atoms with van der Waals surface area (Å²) in [5, 5.41) is 0. The minimum Gasteiger partial charge on any atom is -0.203 e. The Hall–Kier alpha value is -0.740. The first-order chi connectivity index (χ1) is 15.0. The summed E-state index contributed by atoms with van der Waals surface area (Å²) in [6.45, 7) is 4.27. The summed E-state index contributed by atoms with van der Waals surface area (Å²) in [6.07, 6.45) is 6.05. The number of benzene rings is 1. The highest BCUT2D eigenvalue weighted by Crippen LogP contribution is 2.46. The Morgan fingerprint density at radius 1 is 0.774 bits per heavy atom. The van der Waals surface area contributed by atoms with Crippen LogP contribution in [0, 0.1) is 11.6 Å². The second-order valence-electron chi connectivity index (χ2n) is 7.37. The fraction of sp³-hybridized carbons (Fsp3) is 0.364. The highest BCUT2D eigenvalue weighted by atomic mass is 79.9. The molecule has 1 aromatic carbocycles. The van der Waals surface area contributed by atoms with Gasteiger partial charge in [0, 0.05) is 9.75 Å². The number of aryl methyl sites for hydroxylation is 2. The lowest BCUT2D eigenvalue weighted by Crippen LogP contribution is -1.95. The zero-order valence-corrected chi connectivity index (χ0v) is 22.6. The Labute approximate surface area is 209 Å². The van der Waals surface area contributed by atoms with Gasteiger partial charge in [-0.05, 0) is 80.8 Å². The molecule has 4 aromatic rings. The molecule has 9 heteroatoms. The van der Waals surface area contributed by atoms with Crippen molar-refractivity contribution >= 4 is 77.3 Å². The lowest BCUT2D eigenvalue weighted by molar-refractivity contribution is 0.516. The van der Waals surface area contributed by atoms with Crippen molar-refractivity contribution in [2.24, 2.45) is 0 Å². The van der Waals surface area contributed by atoms with Crippen LogP contribution >= 0.6 is 66.3 Å². The second kappa shape index (κ2) is 10.0. The fourth-order valence-electron chi connectivity index (χ4n) is 3.53. The molecule has 0 aliphatic heterocycles. The predicted octanol–water partition coefficient (Wildman–Crippen LogP) is 9.64. The van der Waals surface area contributed by atoms with Crippen LogP contribution in [0.4, 0.5) is 8.78 Å². The molecule has 0 N–H and O–H groups in total. The third-order valence-corrected chi connectivity index (χ3v) is 9.69. The maximum atomic E-state index is 15.5. The summed E-state index contributed by atoms with van der Waals surface area (Å²) in [5.74, 6) is -1.71. The Kier molecular flexibility index (Phi) is 7.58. The van der Waals surface area contributed by atoms with Gasteiger partial charge in [0.05, 0.1) is 30.4 Å². The molecule has 0 aliphatic carbocycles. The van der Waals surface area contributed by atoms with E-state index >= 15 is 8.78 Å². The van der Waals surface area contributed by atoms with Gasteiger partial charge in [-0.15, -0.1) is 22.7 Å². The van der Waals surface area contributed by atoms with Crippen molar-refractivity contribution in [1.82, 2.24) is 8.75 Å². The van der Waals surface area contributed by atoms with Crippen LogP contribution in [0.3, 0.4) is 0 Å². The topological polar surface area (TPSA) is 25.8 Å². The standard InChI is InChI=1S/C22H20Br2F2N2S3/c1-3-5-7-11-9-13(29-21(11)23)15-17(25)18(26)16(20-19(15)27-31-28-20)14-10-12(8-6-4-2)22(24)30-14/h9-10H,3-8H2,1-2H3. The van der Waals surface area contributed by atoms with Crippen LogP contribution in [-0.2, 0) is 12.8 Å². The van der Waals surface area contributed by atoms with E-state index in [1.807, 2.05) is 12.1 Å². The number of hydrogen-bond donors (Lipinski definition) is 0. The molecule has 0 radical (unpaired) electrons. The largest absolute Gasteiger partial charge is 0.203 e. The third kappa shape index (κ3) is 4.53. The van der Waals surface area contributed by atoms with E-state index < -0.39 is 11.6 Å². The molecule has 0 amide bonds. The van der Waals surface area contributed by atoms with Crippen LogP contribution < -0.4 is 0 Å². The highest BCUT2D eigenvalue weighted by Gasteiger charge is 2.27. The number of halogens is 4. The third-order valence-electron chi connectivity index (χ3n) is 5.20. The van der Waals surface area contributed by atoms with E-state index in [9.17, 15) is 0 Å². The normalized spacial score (nSPS) is 11.7. The fourth-order valence-corrected chi connectivity index (χ4v) is 7.71. The number of rotatable bonds is 8. The monoisotopic (exact) mass is 604 g/mol. The van der Waals surface area contributed by atoms with Gasteiger partial charge in [0.15, 0.2) is 11.6 Å². The van der Waals surface area contributed by atoms with Gasteiger partial charge in [0.1, 0.15) is 11.0 Å². The molecule has 4 rings (SSSR count). The summed E-state index contributed by atoms with van der Waals surface area (Å²) < 4.78 is 41.6. The van der Waals surface area contributed by atoms with Crippen molar-refractivity contribution in [2.75, 3.05) is 0 Å². The van der Waals surface area contributed by atoms with Gasteiger partial charge in [0.2, 0.25) is 0 Å². The number of hydrogen-bond acceptors (Lipinski definition) is 5. The minimum absolute atomic E-state index is 0.209. The molecule has 0 bridgehead atoms. The average Bonchev–Trinajstić information content (AvgIpc) is 3.45. The first-order valence-corrected chi connectivity index (χ1v) is 14.1. The van der Waals surface area contributed by atoms with E-state index in [4.69, 9.17) is 0 Å². The van der Waals surface area contributed by atoms with E-state index in [0.717, 1.165) is 69.0 Å². The summed E-state index contributed by atoms with van der Waals surface area (Å²) in [5.41, 5.74) is 3.50. The van der Waals surface area contributed by atoms with Gasteiger partial charge in [-0.3, -0.25) is 0 Å². The Morgan fingerprint density at radius 3 is 1.58 bits per heavy atom. The minimum atomic E-state index is -0.856. The molecular weight excluding hydrogens is 586 g/mol. The lowest BCUT2D eigenvalue weighted by Gasteiger charge is -2.08. The number of nitrogens with zero attached hydrogens (tertiary/aromatic N) is 2. The van der Waals surface area contributed by atoms with Crippen molar-refractivity contribution in [2.45, 2.75) is 52.4 Å². The number of unbranched alkanes of at least 4 members (excludes halogenated alkanes) is 2. The molecule has 31 heavy (non-hydrogen) atoms. The predicted molar refractivity (Wildman–Crippen MR) is 137 cm³/mol. The smallest absolute Gasteiger partial charge is 0.170 e. The quantitative estimate of drug-likeness (QED) is 0.200. The zero-order chi connectivity index (χ0) is 22.1. The van der Waals surface area contributed by atoms with Crippen molar-refractivity contribution in [3.63, 3.8) is 0 Å². The summed E-state index contributed by atoms with van der Waals surface area (Å²) in [7, 11) is 0. The molecule has 0 spiro atoms. The number of thiophene rings is 2. The summed E-state index contributed by atoms with van der Waals surface area (Å²) in [6, 6.07) is 3.90. The molecule has 0 unspecified atom stereocenters. The highest BCUT2D eigenvalue weighted by molar-refractivity contribution is 9.11. The molecule has 0 saturated heterocycles. The molecule has 3 heterocycles. The van der Waals surface area contributed by atoms with Crippen molar-refractivity contribution < 1.29 is 8.78 Å². The van der Waals surface area contributed by atoms with E-state index in [0.29, 0.717) is 20.8 Å². The Balaban J connectivity index is 1.86. The molecular formula is C22H20Br2F2N2S3. The lowest BCUT2D eigenvalue weighted by atomic mass is 10.0. The van der Waals surface area contributed by atoms with E-state index in [-0.39, 0.29) is 11.1 Å². The van der Waals surface area contributed by atoms with Crippen LogP contribution in [0.1, 0.15) is 50.7 Å². The number of fused-ring (bicyclic) bond motifs is 1. The average molecular weight is 606 g/mol.